The van der Waals surface area contributed by atoms with Gasteiger partial charge in [-0.1, -0.05) is 18.7 Å². The monoisotopic (exact) mass is 316 g/mol. The molecule has 5 heteroatoms. The molecule has 1 aliphatic rings. The summed E-state index contributed by atoms with van der Waals surface area (Å²) in [6.45, 7) is 8.69. The predicted octanol–water partition coefficient (Wildman–Crippen LogP) is 2.84. The second kappa shape index (κ2) is 7.81. The van der Waals surface area contributed by atoms with Crippen LogP contribution in [0.15, 0.2) is 36.9 Å². The highest BCUT2D eigenvalue weighted by molar-refractivity contribution is 5.92. The van der Waals surface area contributed by atoms with Gasteiger partial charge in [0, 0.05) is 19.5 Å². The lowest BCUT2D eigenvalue weighted by atomic mass is 10.0. The maximum Gasteiger partial charge on any atom is 0.245 e. The van der Waals surface area contributed by atoms with E-state index >= 15 is 0 Å². The third-order valence-electron chi connectivity index (χ3n) is 3.77. The number of likely N-dealkylation sites (tertiary alicyclic amines) is 1. The molecule has 0 spiro atoms. The van der Waals surface area contributed by atoms with Crippen molar-refractivity contribution in [3.63, 3.8) is 0 Å². The molecule has 0 saturated carbocycles. The number of benzene rings is 1. The van der Waals surface area contributed by atoms with Crippen LogP contribution in [0, 0.1) is 5.92 Å². The van der Waals surface area contributed by atoms with E-state index in [1.165, 1.54) is 6.08 Å². The molecular formula is C18H24N2O3. The van der Waals surface area contributed by atoms with Gasteiger partial charge in [-0.2, -0.15) is 0 Å². The Morgan fingerprint density at radius 2 is 2.17 bits per heavy atom. The Balaban J connectivity index is 1.91. The average molecular weight is 316 g/mol. The predicted molar refractivity (Wildman–Crippen MR) is 90.3 cm³/mol. The topological polar surface area (TPSA) is 58.6 Å². The number of carbonyl (C=O) groups is 2. The third-order valence-corrected chi connectivity index (χ3v) is 3.77. The first-order chi connectivity index (χ1) is 11.0. The zero-order valence-electron chi connectivity index (χ0n) is 13.7. The summed E-state index contributed by atoms with van der Waals surface area (Å²) in [7, 11) is 0. The number of anilines is 1. The van der Waals surface area contributed by atoms with Crippen molar-refractivity contribution < 1.29 is 14.3 Å². The lowest BCUT2D eigenvalue weighted by Crippen LogP contribution is -2.27. The number of rotatable bonds is 6. The SMILES string of the molecule is C=CC(=O)N1CC[C@H](CC(=O)Nc2ccccc2OC(C)C)C1. The van der Waals surface area contributed by atoms with Gasteiger partial charge in [0.25, 0.3) is 0 Å². The smallest absolute Gasteiger partial charge is 0.245 e. The Morgan fingerprint density at radius 3 is 2.87 bits per heavy atom. The van der Waals surface area contributed by atoms with E-state index in [0.717, 1.165) is 6.42 Å². The van der Waals surface area contributed by atoms with Crippen molar-refractivity contribution in [2.75, 3.05) is 18.4 Å². The molecule has 0 radical (unpaired) electrons. The molecule has 23 heavy (non-hydrogen) atoms. The standard InChI is InChI=1S/C18H24N2O3/c1-4-18(22)20-10-9-14(12-20)11-17(21)19-15-7-5-6-8-16(15)23-13(2)3/h4-8,13-14H,1,9-12H2,2-3H3,(H,19,21)/t14-/m1/s1. The summed E-state index contributed by atoms with van der Waals surface area (Å²) >= 11 is 0. The molecule has 1 atom stereocenters. The summed E-state index contributed by atoms with van der Waals surface area (Å²) in [6.07, 6.45) is 2.61. The number of hydrogen-bond acceptors (Lipinski definition) is 3. The number of para-hydroxylation sites is 2. The fraction of sp³-hybridized carbons (Fsp3) is 0.444. The summed E-state index contributed by atoms with van der Waals surface area (Å²) in [6, 6.07) is 7.42. The molecule has 1 saturated heterocycles. The van der Waals surface area contributed by atoms with Crippen LogP contribution in [0.2, 0.25) is 0 Å². The Kier molecular flexibility index (Phi) is 5.79. The Labute approximate surface area is 137 Å². The fourth-order valence-electron chi connectivity index (χ4n) is 2.72. The molecule has 1 N–H and O–H groups in total. The molecule has 0 unspecified atom stereocenters. The van der Waals surface area contributed by atoms with E-state index in [0.29, 0.717) is 30.9 Å². The summed E-state index contributed by atoms with van der Waals surface area (Å²) < 4.78 is 5.70. The van der Waals surface area contributed by atoms with E-state index in [1.807, 2.05) is 38.1 Å². The van der Waals surface area contributed by atoms with Gasteiger partial charge in [-0.3, -0.25) is 9.59 Å². The van der Waals surface area contributed by atoms with Gasteiger partial charge in [-0.25, -0.2) is 0 Å². The number of nitrogens with one attached hydrogen (secondary N) is 1. The Bertz CT molecular complexity index is 583. The van der Waals surface area contributed by atoms with Gasteiger partial charge in [0.05, 0.1) is 11.8 Å². The Morgan fingerprint density at radius 1 is 1.43 bits per heavy atom. The molecule has 1 fully saturated rings. The highest BCUT2D eigenvalue weighted by Crippen LogP contribution is 2.26. The second-order valence-electron chi connectivity index (χ2n) is 6.06. The van der Waals surface area contributed by atoms with Crippen LogP contribution >= 0.6 is 0 Å². The molecule has 124 valence electrons. The third kappa shape index (κ3) is 4.84. The van der Waals surface area contributed by atoms with Gasteiger partial charge in [-0.05, 0) is 44.4 Å². The van der Waals surface area contributed by atoms with Crippen LogP contribution in [0.4, 0.5) is 5.69 Å². The molecule has 0 aliphatic carbocycles. The van der Waals surface area contributed by atoms with Crippen molar-refractivity contribution in [2.45, 2.75) is 32.8 Å². The molecule has 1 heterocycles. The number of ether oxygens (including phenoxy) is 1. The first-order valence-electron chi connectivity index (χ1n) is 7.96. The number of hydrogen-bond donors (Lipinski definition) is 1. The molecule has 0 bridgehead atoms. The number of amides is 2. The van der Waals surface area contributed by atoms with E-state index in [1.54, 1.807) is 4.90 Å². The maximum atomic E-state index is 12.3. The van der Waals surface area contributed by atoms with Gasteiger partial charge < -0.3 is 15.0 Å². The molecule has 1 aromatic carbocycles. The molecule has 1 aliphatic heterocycles. The first-order valence-corrected chi connectivity index (χ1v) is 7.96. The Hall–Kier alpha value is -2.30. The van der Waals surface area contributed by atoms with Crippen LogP contribution in [0.3, 0.4) is 0 Å². The maximum absolute atomic E-state index is 12.3. The van der Waals surface area contributed by atoms with E-state index in [2.05, 4.69) is 11.9 Å². The summed E-state index contributed by atoms with van der Waals surface area (Å²) in [5.41, 5.74) is 0.684. The van der Waals surface area contributed by atoms with Gasteiger partial charge in [0.2, 0.25) is 11.8 Å². The van der Waals surface area contributed by atoms with Gasteiger partial charge in [-0.15, -0.1) is 0 Å². The minimum absolute atomic E-state index is 0.0429. The van der Waals surface area contributed by atoms with Gasteiger partial charge >= 0.3 is 0 Å². The van der Waals surface area contributed by atoms with Crippen LogP contribution in [-0.2, 0) is 9.59 Å². The zero-order chi connectivity index (χ0) is 16.8. The molecular weight excluding hydrogens is 292 g/mol. The summed E-state index contributed by atoms with van der Waals surface area (Å²) in [4.78, 5) is 25.6. The molecule has 1 aromatic rings. The van der Waals surface area contributed by atoms with Crippen LogP contribution in [0.1, 0.15) is 26.7 Å². The van der Waals surface area contributed by atoms with Gasteiger partial charge in [0.1, 0.15) is 5.75 Å². The minimum Gasteiger partial charge on any atom is -0.489 e. The molecule has 2 amide bonds. The second-order valence-corrected chi connectivity index (χ2v) is 6.06. The van der Waals surface area contributed by atoms with Crippen molar-refractivity contribution >= 4 is 17.5 Å². The largest absolute Gasteiger partial charge is 0.489 e. The molecule has 2 rings (SSSR count). The highest BCUT2D eigenvalue weighted by atomic mass is 16.5. The molecule has 0 aromatic heterocycles. The summed E-state index contributed by atoms with van der Waals surface area (Å²) in [5, 5.41) is 2.91. The van der Waals surface area contributed by atoms with Crippen molar-refractivity contribution in [2.24, 2.45) is 5.92 Å². The van der Waals surface area contributed by atoms with E-state index in [-0.39, 0.29) is 23.8 Å². The van der Waals surface area contributed by atoms with Crippen LogP contribution in [0.5, 0.6) is 5.75 Å². The van der Waals surface area contributed by atoms with Crippen molar-refractivity contribution in [1.29, 1.82) is 0 Å². The van der Waals surface area contributed by atoms with Crippen molar-refractivity contribution in [3.8, 4) is 5.75 Å². The van der Waals surface area contributed by atoms with E-state index in [9.17, 15) is 9.59 Å². The lowest BCUT2D eigenvalue weighted by Gasteiger charge is -2.16. The lowest BCUT2D eigenvalue weighted by molar-refractivity contribution is -0.125. The van der Waals surface area contributed by atoms with Crippen LogP contribution in [-0.4, -0.2) is 35.9 Å². The van der Waals surface area contributed by atoms with Crippen molar-refractivity contribution in [3.05, 3.63) is 36.9 Å². The fourth-order valence-corrected chi connectivity index (χ4v) is 2.72. The summed E-state index contributed by atoms with van der Waals surface area (Å²) in [5.74, 6) is 0.745. The van der Waals surface area contributed by atoms with E-state index in [4.69, 9.17) is 4.74 Å². The zero-order valence-corrected chi connectivity index (χ0v) is 13.7. The van der Waals surface area contributed by atoms with Gasteiger partial charge in [0.15, 0.2) is 0 Å². The highest BCUT2D eigenvalue weighted by Gasteiger charge is 2.26. The molecule has 5 nitrogen and oxygen atoms in total. The van der Waals surface area contributed by atoms with E-state index < -0.39 is 0 Å². The van der Waals surface area contributed by atoms with Crippen LogP contribution in [0.25, 0.3) is 0 Å². The normalized spacial score (nSPS) is 17.2. The number of carbonyl (C=O) groups excluding carboxylic acids is 2. The average Bonchev–Trinajstić information content (AvgIpc) is 2.96. The quantitative estimate of drug-likeness (QED) is 0.821. The first kappa shape index (κ1) is 17.1. The number of nitrogens with zero attached hydrogens (tertiary/aromatic N) is 1. The van der Waals surface area contributed by atoms with Crippen LogP contribution < -0.4 is 10.1 Å². The minimum atomic E-state index is -0.0661. The van der Waals surface area contributed by atoms with Crippen molar-refractivity contribution in [1.82, 2.24) is 4.90 Å².